The number of hydrogen-bond donors (Lipinski definition) is 2. The van der Waals surface area contributed by atoms with Gasteiger partial charge in [0.25, 0.3) is 0 Å². The zero-order chi connectivity index (χ0) is 22.2. The van der Waals surface area contributed by atoms with Crippen LogP contribution in [0.3, 0.4) is 0 Å². The van der Waals surface area contributed by atoms with Crippen LogP contribution < -0.4 is 15.4 Å². The average Bonchev–Trinajstić information content (AvgIpc) is 3.23. The second kappa shape index (κ2) is 8.58. The predicted molar refractivity (Wildman–Crippen MR) is 127 cm³/mol. The highest BCUT2D eigenvalue weighted by atomic mass is 16.6. The van der Waals surface area contributed by atoms with Crippen molar-refractivity contribution in [1.29, 1.82) is 0 Å². The number of nitrogens with zero attached hydrogens (tertiary/aromatic N) is 2. The third kappa shape index (κ3) is 4.10. The van der Waals surface area contributed by atoms with Crippen molar-refractivity contribution >= 4 is 11.9 Å². The van der Waals surface area contributed by atoms with Crippen LogP contribution in [0.25, 0.3) is 5.69 Å². The lowest BCUT2D eigenvalue weighted by atomic mass is 9.54. The minimum absolute atomic E-state index is 0.246. The van der Waals surface area contributed by atoms with E-state index in [0.29, 0.717) is 29.9 Å². The molecule has 170 valence electrons. The molecule has 0 radical (unpaired) electrons. The van der Waals surface area contributed by atoms with E-state index < -0.39 is 0 Å². The smallest absolute Gasteiger partial charge is 0.405 e. The summed E-state index contributed by atoms with van der Waals surface area (Å²) in [5, 5.41) is 11.2. The second-order valence-corrected chi connectivity index (χ2v) is 9.93. The van der Waals surface area contributed by atoms with Crippen molar-refractivity contribution in [3.05, 3.63) is 72.4 Å². The van der Waals surface area contributed by atoms with Crippen molar-refractivity contribution in [2.24, 2.45) is 23.7 Å². The molecule has 2 N–H and O–H groups in total. The van der Waals surface area contributed by atoms with E-state index in [4.69, 9.17) is 4.74 Å². The molecule has 4 bridgehead atoms. The van der Waals surface area contributed by atoms with E-state index in [-0.39, 0.29) is 12.1 Å². The number of nitrogens with one attached hydrogen (secondary N) is 2. The lowest BCUT2D eigenvalue weighted by Crippen LogP contribution is -2.56. The summed E-state index contributed by atoms with van der Waals surface area (Å²) >= 11 is 0. The first-order valence-electron chi connectivity index (χ1n) is 12.1. The van der Waals surface area contributed by atoms with E-state index in [0.717, 1.165) is 23.1 Å². The molecule has 0 aliphatic heterocycles. The maximum Gasteiger partial charge on any atom is 0.413 e. The highest BCUT2D eigenvalue weighted by molar-refractivity contribution is 5.73. The molecule has 4 saturated carbocycles. The number of benzene rings is 2. The highest BCUT2D eigenvalue weighted by Gasteiger charge is 2.48. The van der Waals surface area contributed by atoms with Crippen LogP contribution in [-0.2, 0) is 6.54 Å². The van der Waals surface area contributed by atoms with Gasteiger partial charge in [-0.15, -0.1) is 0 Å². The normalized spacial score (nSPS) is 27.3. The Bertz CT molecular complexity index is 1080. The first-order valence-corrected chi connectivity index (χ1v) is 12.1. The standard InChI is InChI=1S/C27H30N4O2/c32-27(30-25-21-12-19-11-20(14-21)15-22(25)13-19)33-24-17-29-31(23-9-5-2-6-10-23)26(24)28-16-18-7-3-1-4-8-18/h1-10,17,19-22,25,28H,11-16H2,(H,30,32). The van der Waals surface area contributed by atoms with Crippen molar-refractivity contribution in [3.8, 4) is 11.4 Å². The van der Waals surface area contributed by atoms with E-state index in [2.05, 4.69) is 27.9 Å². The van der Waals surface area contributed by atoms with Crippen LogP contribution in [0.1, 0.15) is 37.7 Å². The number of rotatable bonds is 6. The van der Waals surface area contributed by atoms with E-state index in [1.807, 2.05) is 48.5 Å². The molecular weight excluding hydrogens is 412 g/mol. The molecule has 4 aliphatic rings. The third-order valence-corrected chi connectivity index (χ3v) is 7.75. The van der Waals surface area contributed by atoms with Gasteiger partial charge in [0.1, 0.15) is 0 Å². The van der Waals surface area contributed by atoms with Crippen LogP contribution in [0.4, 0.5) is 10.6 Å². The summed E-state index contributed by atoms with van der Waals surface area (Å²) in [6, 6.07) is 20.3. The SMILES string of the molecule is O=C(NC1C2CC3CC(C2)CC1C3)Oc1cnn(-c2ccccc2)c1NCc1ccccc1. The number of ether oxygens (including phenoxy) is 1. The fourth-order valence-corrected chi connectivity index (χ4v) is 6.54. The quantitative estimate of drug-likeness (QED) is 0.537. The van der Waals surface area contributed by atoms with Crippen LogP contribution in [0.15, 0.2) is 66.9 Å². The lowest BCUT2D eigenvalue weighted by molar-refractivity contribution is -0.0114. The molecule has 0 saturated heterocycles. The van der Waals surface area contributed by atoms with Crippen molar-refractivity contribution in [1.82, 2.24) is 15.1 Å². The molecule has 6 nitrogen and oxygen atoms in total. The van der Waals surface area contributed by atoms with Crippen molar-refractivity contribution < 1.29 is 9.53 Å². The Balaban J connectivity index is 1.20. The summed E-state index contributed by atoms with van der Waals surface area (Å²) in [4.78, 5) is 13.0. The van der Waals surface area contributed by atoms with E-state index >= 15 is 0 Å². The van der Waals surface area contributed by atoms with Gasteiger partial charge in [0.15, 0.2) is 11.6 Å². The van der Waals surface area contributed by atoms with Crippen molar-refractivity contribution in [3.63, 3.8) is 0 Å². The van der Waals surface area contributed by atoms with Crippen LogP contribution in [0.2, 0.25) is 0 Å². The number of anilines is 1. The van der Waals surface area contributed by atoms with Crippen LogP contribution in [0.5, 0.6) is 5.75 Å². The summed E-state index contributed by atoms with van der Waals surface area (Å²) in [5.41, 5.74) is 2.05. The monoisotopic (exact) mass is 442 g/mol. The zero-order valence-corrected chi connectivity index (χ0v) is 18.7. The van der Waals surface area contributed by atoms with Gasteiger partial charge in [-0.3, -0.25) is 0 Å². The minimum Gasteiger partial charge on any atom is -0.405 e. The van der Waals surface area contributed by atoms with Gasteiger partial charge in [0.2, 0.25) is 0 Å². The molecule has 0 unspecified atom stereocenters. The maximum atomic E-state index is 13.0. The molecular formula is C27H30N4O2. The largest absolute Gasteiger partial charge is 0.413 e. The van der Waals surface area contributed by atoms with Gasteiger partial charge in [-0.2, -0.15) is 5.10 Å². The number of amides is 1. The molecule has 1 aromatic heterocycles. The fourth-order valence-electron chi connectivity index (χ4n) is 6.54. The van der Waals surface area contributed by atoms with Gasteiger partial charge < -0.3 is 15.4 Å². The van der Waals surface area contributed by atoms with Crippen molar-refractivity contribution in [2.75, 3.05) is 5.32 Å². The Hall–Kier alpha value is -3.28. The number of aromatic nitrogens is 2. The van der Waals surface area contributed by atoms with E-state index in [9.17, 15) is 4.79 Å². The second-order valence-electron chi connectivity index (χ2n) is 9.93. The highest BCUT2D eigenvalue weighted by Crippen LogP contribution is 2.53. The summed E-state index contributed by atoms with van der Waals surface area (Å²) < 4.78 is 7.63. The average molecular weight is 443 g/mol. The Labute approximate surface area is 194 Å². The first kappa shape index (κ1) is 20.3. The van der Waals surface area contributed by atoms with Gasteiger partial charge in [0.05, 0.1) is 11.9 Å². The molecule has 2 aromatic carbocycles. The molecule has 1 heterocycles. The summed E-state index contributed by atoms with van der Waals surface area (Å²) in [6.07, 6.45) is 7.68. The Kier molecular flexibility index (Phi) is 5.29. The Morgan fingerprint density at radius 2 is 1.55 bits per heavy atom. The van der Waals surface area contributed by atoms with Gasteiger partial charge >= 0.3 is 6.09 Å². The Morgan fingerprint density at radius 1 is 0.909 bits per heavy atom. The number of hydrogen-bond acceptors (Lipinski definition) is 4. The lowest BCUT2D eigenvalue weighted by Gasteiger charge is -2.54. The van der Waals surface area contributed by atoms with Gasteiger partial charge in [-0.05, 0) is 73.5 Å². The summed E-state index contributed by atoms with van der Waals surface area (Å²) in [7, 11) is 0. The summed E-state index contributed by atoms with van der Waals surface area (Å²) in [6.45, 7) is 0.604. The van der Waals surface area contributed by atoms with Gasteiger partial charge in [-0.1, -0.05) is 48.5 Å². The zero-order valence-electron chi connectivity index (χ0n) is 18.7. The number of carbonyl (C=O) groups excluding carboxylic acids is 1. The van der Waals surface area contributed by atoms with Crippen LogP contribution in [-0.4, -0.2) is 21.9 Å². The van der Waals surface area contributed by atoms with Crippen molar-refractivity contribution in [2.45, 2.75) is 44.7 Å². The minimum atomic E-state index is -0.372. The molecule has 6 heteroatoms. The van der Waals surface area contributed by atoms with Crippen LogP contribution >= 0.6 is 0 Å². The first-order chi connectivity index (χ1) is 16.2. The number of para-hydroxylation sites is 1. The molecule has 4 aliphatic carbocycles. The van der Waals surface area contributed by atoms with Gasteiger partial charge in [-0.25, -0.2) is 9.48 Å². The third-order valence-electron chi connectivity index (χ3n) is 7.75. The topological polar surface area (TPSA) is 68.2 Å². The van der Waals surface area contributed by atoms with Crippen LogP contribution in [0, 0.1) is 23.7 Å². The molecule has 3 aromatic rings. The predicted octanol–water partition coefficient (Wildman–Crippen LogP) is 5.40. The fraction of sp³-hybridized carbons (Fsp3) is 0.407. The summed E-state index contributed by atoms with van der Waals surface area (Å²) in [5.74, 6) is 4.08. The molecule has 0 spiro atoms. The van der Waals surface area contributed by atoms with E-state index in [1.54, 1.807) is 10.9 Å². The molecule has 7 rings (SSSR count). The van der Waals surface area contributed by atoms with E-state index in [1.165, 1.54) is 32.1 Å². The molecule has 4 fully saturated rings. The Morgan fingerprint density at radius 3 is 2.21 bits per heavy atom. The molecule has 33 heavy (non-hydrogen) atoms. The number of carbonyl (C=O) groups is 1. The van der Waals surface area contributed by atoms with Gasteiger partial charge in [0, 0.05) is 12.6 Å². The molecule has 0 atom stereocenters. The maximum absolute atomic E-state index is 13.0. The molecule has 1 amide bonds.